The second kappa shape index (κ2) is 13.7. The number of carbonyl (C=O) groups is 2. The SMILES string of the molecule is COC(=O)C(C)(C)CCCOc1ccc(OCCCC(C)(C)C(=O)OC)c(/C=N/NC(N)=S)c1. The van der Waals surface area contributed by atoms with Gasteiger partial charge >= 0.3 is 11.9 Å². The Kier molecular flexibility index (Phi) is 11.8. The molecule has 3 N–H and O–H groups in total. The van der Waals surface area contributed by atoms with Crippen molar-refractivity contribution in [3.63, 3.8) is 0 Å². The molecule has 0 atom stereocenters. The van der Waals surface area contributed by atoms with Gasteiger partial charge < -0.3 is 24.7 Å². The summed E-state index contributed by atoms with van der Waals surface area (Å²) in [5.41, 5.74) is 7.47. The molecule has 0 aliphatic heterocycles. The van der Waals surface area contributed by atoms with Gasteiger partial charge in [0.05, 0.1) is 44.5 Å². The summed E-state index contributed by atoms with van der Waals surface area (Å²) in [4.78, 5) is 23.6. The number of hydrazone groups is 1. The molecule has 0 spiro atoms. The number of nitrogens with one attached hydrogen (secondary N) is 1. The molecule has 0 aromatic heterocycles. The van der Waals surface area contributed by atoms with E-state index in [0.717, 1.165) is 0 Å². The van der Waals surface area contributed by atoms with Gasteiger partial charge in [0.2, 0.25) is 0 Å². The number of nitrogens with two attached hydrogens (primary N) is 1. The van der Waals surface area contributed by atoms with Gasteiger partial charge in [0.15, 0.2) is 5.11 Å². The van der Waals surface area contributed by atoms with Crippen LogP contribution in [0.2, 0.25) is 0 Å². The zero-order valence-electron chi connectivity index (χ0n) is 20.9. The topological polar surface area (TPSA) is 121 Å². The Morgan fingerprint density at radius 3 is 2.03 bits per heavy atom. The average molecular weight is 496 g/mol. The van der Waals surface area contributed by atoms with Crippen LogP contribution in [0.5, 0.6) is 11.5 Å². The molecule has 1 rings (SSSR count). The minimum absolute atomic E-state index is 0.0457. The molecule has 0 radical (unpaired) electrons. The lowest BCUT2D eigenvalue weighted by Gasteiger charge is -2.21. The number of rotatable bonds is 14. The minimum atomic E-state index is -0.580. The summed E-state index contributed by atoms with van der Waals surface area (Å²) in [6, 6.07) is 5.39. The van der Waals surface area contributed by atoms with Gasteiger partial charge in [0.1, 0.15) is 11.5 Å². The predicted octanol–water partition coefficient (Wildman–Crippen LogP) is 3.57. The molecule has 0 fully saturated rings. The summed E-state index contributed by atoms with van der Waals surface area (Å²) in [5, 5.41) is 4.06. The lowest BCUT2D eigenvalue weighted by Crippen LogP contribution is -2.26. The van der Waals surface area contributed by atoms with Gasteiger partial charge in [-0.25, -0.2) is 0 Å². The van der Waals surface area contributed by atoms with E-state index in [1.807, 2.05) is 27.7 Å². The number of esters is 2. The van der Waals surface area contributed by atoms with Crippen LogP contribution in [-0.4, -0.2) is 50.7 Å². The van der Waals surface area contributed by atoms with E-state index < -0.39 is 10.8 Å². The summed E-state index contributed by atoms with van der Waals surface area (Å²) in [6.07, 6.45) is 4.14. The molecule has 1 aromatic rings. The van der Waals surface area contributed by atoms with Crippen LogP contribution < -0.4 is 20.6 Å². The number of nitrogens with zero attached hydrogens (tertiary/aromatic N) is 1. The highest BCUT2D eigenvalue weighted by atomic mass is 32.1. The fourth-order valence-corrected chi connectivity index (χ4v) is 3.22. The first-order chi connectivity index (χ1) is 15.9. The van der Waals surface area contributed by atoms with Gasteiger partial charge in [-0.3, -0.25) is 15.0 Å². The minimum Gasteiger partial charge on any atom is -0.494 e. The van der Waals surface area contributed by atoms with Gasteiger partial charge in [-0.05, 0) is 83.8 Å². The van der Waals surface area contributed by atoms with Crippen molar-refractivity contribution in [2.75, 3.05) is 27.4 Å². The lowest BCUT2D eigenvalue weighted by atomic mass is 9.88. The van der Waals surface area contributed by atoms with E-state index in [9.17, 15) is 9.59 Å². The molecule has 0 saturated heterocycles. The van der Waals surface area contributed by atoms with Gasteiger partial charge in [-0.2, -0.15) is 5.10 Å². The van der Waals surface area contributed by atoms with Gasteiger partial charge in [0.25, 0.3) is 0 Å². The van der Waals surface area contributed by atoms with Crippen LogP contribution in [0.25, 0.3) is 0 Å². The van der Waals surface area contributed by atoms with Crippen molar-refractivity contribution in [3.8, 4) is 11.5 Å². The third kappa shape index (κ3) is 9.94. The lowest BCUT2D eigenvalue weighted by molar-refractivity contribution is -0.152. The summed E-state index contributed by atoms with van der Waals surface area (Å²) in [5.74, 6) is 0.740. The normalized spacial score (nSPS) is 11.7. The quantitative estimate of drug-likeness (QED) is 0.131. The van der Waals surface area contributed by atoms with Gasteiger partial charge in [-0.15, -0.1) is 0 Å². The second-order valence-electron chi connectivity index (χ2n) is 9.09. The number of hydrogen-bond donors (Lipinski definition) is 2. The van der Waals surface area contributed by atoms with E-state index >= 15 is 0 Å². The molecule has 0 aliphatic rings. The van der Waals surface area contributed by atoms with Crippen molar-refractivity contribution in [3.05, 3.63) is 23.8 Å². The van der Waals surface area contributed by atoms with Crippen molar-refractivity contribution in [2.45, 2.75) is 53.4 Å². The van der Waals surface area contributed by atoms with Gasteiger partial charge in [-0.1, -0.05) is 0 Å². The summed E-state index contributed by atoms with van der Waals surface area (Å²) in [7, 11) is 2.77. The molecule has 0 unspecified atom stereocenters. The van der Waals surface area contributed by atoms with Crippen molar-refractivity contribution in [1.29, 1.82) is 0 Å². The van der Waals surface area contributed by atoms with Crippen LogP contribution >= 0.6 is 12.2 Å². The zero-order chi connectivity index (χ0) is 25.8. The summed E-state index contributed by atoms with van der Waals surface area (Å²) in [6.45, 7) is 8.23. The van der Waals surface area contributed by atoms with E-state index in [1.54, 1.807) is 24.4 Å². The maximum absolute atomic E-state index is 11.8. The van der Waals surface area contributed by atoms with E-state index in [1.165, 1.54) is 14.2 Å². The number of hydrogen-bond acceptors (Lipinski definition) is 8. The first kappa shape index (κ1) is 29.2. The van der Waals surface area contributed by atoms with Crippen LogP contribution in [0.4, 0.5) is 0 Å². The standard InChI is InChI=1S/C24H37N3O6S/c1-23(2,20(28)30-5)11-7-13-32-18-9-10-19(17(15-18)16-26-27-22(25)34)33-14-8-12-24(3,4)21(29)31-6/h9-10,15-16H,7-8,11-14H2,1-6H3,(H3,25,27,34)/b26-16+. The smallest absolute Gasteiger partial charge is 0.311 e. The molecule has 0 bridgehead atoms. The van der Waals surface area contributed by atoms with E-state index in [4.69, 9.17) is 36.9 Å². The molecule has 9 nitrogen and oxygen atoms in total. The Labute approximate surface area is 207 Å². The maximum Gasteiger partial charge on any atom is 0.311 e. The third-order valence-electron chi connectivity index (χ3n) is 5.25. The van der Waals surface area contributed by atoms with Crippen LogP contribution in [0.1, 0.15) is 58.9 Å². The monoisotopic (exact) mass is 495 g/mol. The first-order valence-electron chi connectivity index (χ1n) is 11.1. The Morgan fingerprint density at radius 2 is 1.53 bits per heavy atom. The fraction of sp³-hybridized carbons (Fsp3) is 0.583. The fourth-order valence-electron chi connectivity index (χ4n) is 3.17. The Bertz CT molecular complexity index is 870. The maximum atomic E-state index is 11.8. The first-order valence-corrected chi connectivity index (χ1v) is 11.5. The largest absolute Gasteiger partial charge is 0.494 e. The van der Waals surface area contributed by atoms with E-state index in [0.29, 0.717) is 56.0 Å². The Balaban J connectivity index is 2.76. The molecule has 190 valence electrons. The highest BCUT2D eigenvalue weighted by molar-refractivity contribution is 7.80. The highest BCUT2D eigenvalue weighted by Gasteiger charge is 2.28. The number of methoxy groups -OCH3 is 2. The molecule has 10 heteroatoms. The molecule has 0 heterocycles. The number of benzene rings is 1. The highest BCUT2D eigenvalue weighted by Crippen LogP contribution is 2.27. The molecular formula is C24H37N3O6S. The Hall–Kier alpha value is -2.88. The summed E-state index contributed by atoms with van der Waals surface area (Å²) < 4.78 is 21.5. The molecule has 1 aromatic carbocycles. The van der Waals surface area contributed by atoms with E-state index in [-0.39, 0.29) is 17.1 Å². The van der Waals surface area contributed by atoms with Crippen LogP contribution in [0.3, 0.4) is 0 Å². The molecule has 0 saturated carbocycles. The number of ether oxygens (including phenoxy) is 4. The number of carbonyl (C=O) groups excluding carboxylic acids is 2. The Morgan fingerprint density at radius 1 is 1.00 bits per heavy atom. The van der Waals surface area contributed by atoms with Gasteiger partial charge in [0, 0.05) is 5.56 Å². The van der Waals surface area contributed by atoms with E-state index in [2.05, 4.69) is 10.5 Å². The second-order valence-corrected chi connectivity index (χ2v) is 9.53. The summed E-state index contributed by atoms with van der Waals surface area (Å²) >= 11 is 4.77. The zero-order valence-corrected chi connectivity index (χ0v) is 21.8. The van der Waals surface area contributed by atoms with Crippen LogP contribution in [0, 0.1) is 10.8 Å². The third-order valence-corrected chi connectivity index (χ3v) is 5.35. The van der Waals surface area contributed by atoms with Crippen LogP contribution in [-0.2, 0) is 19.1 Å². The van der Waals surface area contributed by atoms with Crippen molar-refractivity contribution < 1.29 is 28.5 Å². The molecule has 0 aliphatic carbocycles. The molecule has 0 amide bonds. The predicted molar refractivity (Wildman–Crippen MR) is 135 cm³/mol. The van der Waals surface area contributed by atoms with Crippen molar-refractivity contribution in [2.24, 2.45) is 21.7 Å². The van der Waals surface area contributed by atoms with Crippen molar-refractivity contribution in [1.82, 2.24) is 5.43 Å². The van der Waals surface area contributed by atoms with Crippen LogP contribution in [0.15, 0.2) is 23.3 Å². The van der Waals surface area contributed by atoms with Crippen molar-refractivity contribution >= 4 is 35.5 Å². The molecule has 34 heavy (non-hydrogen) atoms. The average Bonchev–Trinajstić information content (AvgIpc) is 2.79. The molecular weight excluding hydrogens is 458 g/mol. The number of thiocarbonyl (C=S) groups is 1.